The van der Waals surface area contributed by atoms with Crippen LogP contribution in [0.3, 0.4) is 0 Å². The normalized spacial score (nSPS) is 11.1. The fraction of sp³-hybridized carbons (Fsp3) is 0. The van der Waals surface area contributed by atoms with Crippen molar-refractivity contribution in [1.29, 1.82) is 0 Å². The molecule has 0 unspecified atom stereocenters. The van der Waals surface area contributed by atoms with Gasteiger partial charge in [-0.05, 0) is 36.4 Å². The highest BCUT2D eigenvalue weighted by Gasteiger charge is 2.19. The maximum Gasteiger partial charge on any atom is 0.263 e. The van der Waals surface area contributed by atoms with E-state index in [2.05, 4.69) is 20.7 Å². The Morgan fingerprint density at radius 1 is 1.19 bits per heavy atom. The fourth-order valence-corrected chi connectivity index (χ4v) is 3.57. The molecule has 8 heteroatoms. The van der Waals surface area contributed by atoms with E-state index in [1.54, 1.807) is 30.3 Å². The predicted molar refractivity (Wildman–Crippen MR) is 92.3 cm³/mol. The second-order valence-electron chi connectivity index (χ2n) is 4.12. The summed E-state index contributed by atoms with van der Waals surface area (Å²) in [5.41, 5.74) is 6.37. The second-order valence-corrected chi connectivity index (χ2v) is 7.54. The monoisotopic (exact) mass is 404 g/mol. The maximum atomic E-state index is 12.4. The molecule has 0 saturated heterocycles. The van der Waals surface area contributed by atoms with E-state index in [0.717, 1.165) is 4.47 Å². The first-order valence-electron chi connectivity index (χ1n) is 5.67. The van der Waals surface area contributed by atoms with Crippen LogP contribution in [0, 0.1) is 0 Å². The number of hydrogen-bond donors (Lipinski definition) is 2. The van der Waals surface area contributed by atoms with Crippen LogP contribution in [0.1, 0.15) is 5.56 Å². The molecular weight excluding hydrogens is 396 g/mol. The minimum atomic E-state index is -3.83. The summed E-state index contributed by atoms with van der Waals surface area (Å²) in [5.74, 6) is 0. The fourth-order valence-electron chi connectivity index (χ4n) is 1.59. The molecule has 2 aromatic carbocycles. The van der Waals surface area contributed by atoms with Gasteiger partial charge in [0.15, 0.2) is 0 Å². The van der Waals surface area contributed by atoms with Crippen LogP contribution in [-0.4, -0.2) is 13.4 Å². The van der Waals surface area contributed by atoms with Crippen molar-refractivity contribution in [1.82, 2.24) is 0 Å². The maximum absolute atomic E-state index is 12.4. The highest BCUT2D eigenvalue weighted by Crippen LogP contribution is 2.25. The number of nitrogens with two attached hydrogens (primary N) is 1. The van der Waals surface area contributed by atoms with Gasteiger partial charge in [-0.2, -0.15) is 0 Å². The van der Waals surface area contributed by atoms with E-state index >= 15 is 0 Å². The Morgan fingerprint density at radius 3 is 2.38 bits per heavy atom. The smallest absolute Gasteiger partial charge is 0.263 e. The first-order chi connectivity index (χ1) is 9.79. The SMILES string of the molecule is NC(=S)c1ccc(Cl)c(S(=O)(=O)Nc2ccc(Br)cc2)c1. The molecular formula is C13H10BrClN2O2S2. The third-order valence-electron chi connectivity index (χ3n) is 2.60. The summed E-state index contributed by atoms with van der Waals surface area (Å²) in [6.45, 7) is 0. The van der Waals surface area contributed by atoms with Crippen molar-refractivity contribution < 1.29 is 8.42 Å². The second kappa shape index (κ2) is 6.31. The van der Waals surface area contributed by atoms with Crippen LogP contribution >= 0.6 is 39.7 Å². The van der Waals surface area contributed by atoms with Gasteiger partial charge in [-0.3, -0.25) is 4.72 Å². The molecule has 0 aliphatic rings. The van der Waals surface area contributed by atoms with Crippen LogP contribution in [0.4, 0.5) is 5.69 Å². The summed E-state index contributed by atoms with van der Waals surface area (Å²) in [4.78, 5) is 0.0316. The Balaban J connectivity index is 2.41. The molecule has 0 aliphatic heterocycles. The number of benzene rings is 2. The predicted octanol–water partition coefficient (Wildman–Crippen LogP) is 3.54. The molecule has 2 rings (SSSR count). The number of sulfonamides is 1. The van der Waals surface area contributed by atoms with Gasteiger partial charge in [0, 0.05) is 15.7 Å². The molecule has 0 aromatic heterocycles. The third-order valence-corrected chi connectivity index (χ3v) is 5.23. The summed E-state index contributed by atoms with van der Waals surface area (Å²) >= 11 is 14.1. The van der Waals surface area contributed by atoms with E-state index in [1.165, 1.54) is 12.1 Å². The number of nitrogens with one attached hydrogen (secondary N) is 1. The van der Waals surface area contributed by atoms with Gasteiger partial charge in [0.2, 0.25) is 0 Å². The molecule has 0 radical (unpaired) electrons. The average Bonchev–Trinajstić information content (AvgIpc) is 2.41. The van der Waals surface area contributed by atoms with Crippen molar-refractivity contribution in [2.24, 2.45) is 5.73 Å². The largest absolute Gasteiger partial charge is 0.389 e. The van der Waals surface area contributed by atoms with Crippen molar-refractivity contribution in [2.75, 3.05) is 4.72 Å². The van der Waals surface area contributed by atoms with E-state index in [0.29, 0.717) is 11.3 Å². The van der Waals surface area contributed by atoms with Crippen LogP contribution in [-0.2, 0) is 10.0 Å². The average molecular weight is 406 g/mol. The van der Waals surface area contributed by atoms with E-state index in [4.69, 9.17) is 29.6 Å². The molecule has 0 spiro atoms. The molecule has 110 valence electrons. The van der Waals surface area contributed by atoms with E-state index < -0.39 is 10.0 Å². The molecule has 0 atom stereocenters. The van der Waals surface area contributed by atoms with Gasteiger partial charge in [-0.25, -0.2) is 8.42 Å². The lowest BCUT2D eigenvalue weighted by molar-refractivity contribution is 0.601. The quantitative estimate of drug-likeness (QED) is 0.763. The number of anilines is 1. The van der Waals surface area contributed by atoms with Gasteiger partial charge in [0.25, 0.3) is 10.0 Å². The molecule has 0 heterocycles. The summed E-state index contributed by atoms with van der Waals surface area (Å²) in [6.07, 6.45) is 0. The molecule has 4 nitrogen and oxygen atoms in total. The van der Waals surface area contributed by atoms with E-state index in [1.807, 2.05) is 0 Å². The van der Waals surface area contributed by atoms with Crippen LogP contribution in [0.2, 0.25) is 5.02 Å². The van der Waals surface area contributed by atoms with Crippen molar-refractivity contribution in [3.63, 3.8) is 0 Å². The first kappa shape index (κ1) is 16.2. The minimum absolute atomic E-state index is 0.0719. The first-order valence-corrected chi connectivity index (χ1v) is 8.73. The molecule has 0 amide bonds. The van der Waals surface area contributed by atoms with Gasteiger partial charge >= 0.3 is 0 Å². The Labute approximate surface area is 141 Å². The number of thiocarbonyl (C=S) groups is 1. The topological polar surface area (TPSA) is 72.2 Å². The summed E-state index contributed by atoms with van der Waals surface area (Å²) in [7, 11) is -3.83. The molecule has 21 heavy (non-hydrogen) atoms. The third kappa shape index (κ3) is 3.94. The molecule has 0 fully saturated rings. The lowest BCUT2D eigenvalue weighted by atomic mass is 10.2. The van der Waals surface area contributed by atoms with Crippen molar-refractivity contribution in [3.05, 3.63) is 57.5 Å². The van der Waals surface area contributed by atoms with Gasteiger partial charge in [0.05, 0.1) is 5.02 Å². The molecule has 0 aliphatic carbocycles. The minimum Gasteiger partial charge on any atom is -0.389 e. The van der Waals surface area contributed by atoms with E-state index in [-0.39, 0.29) is 14.9 Å². The summed E-state index contributed by atoms with van der Waals surface area (Å²) in [5, 5.41) is 0.0969. The Kier molecular flexibility index (Phi) is 4.88. The number of rotatable bonds is 4. The van der Waals surface area contributed by atoms with Crippen molar-refractivity contribution in [2.45, 2.75) is 4.90 Å². The molecule has 0 bridgehead atoms. The Bertz CT molecular complexity index is 792. The van der Waals surface area contributed by atoms with Gasteiger partial charge in [-0.1, -0.05) is 45.8 Å². The number of halogens is 2. The van der Waals surface area contributed by atoms with Crippen molar-refractivity contribution >= 4 is 60.4 Å². The van der Waals surface area contributed by atoms with Gasteiger partial charge < -0.3 is 5.73 Å². The van der Waals surface area contributed by atoms with Crippen LogP contribution < -0.4 is 10.5 Å². The standard InChI is InChI=1S/C13H10BrClN2O2S2/c14-9-2-4-10(5-3-9)17-21(18,19)12-7-8(13(16)20)1-6-11(12)15/h1-7,17H,(H2,16,20). The Morgan fingerprint density at radius 2 is 1.81 bits per heavy atom. The zero-order valence-corrected chi connectivity index (χ0v) is 14.5. The highest BCUT2D eigenvalue weighted by atomic mass is 79.9. The van der Waals surface area contributed by atoms with E-state index in [9.17, 15) is 8.42 Å². The zero-order chi connectivity index (χ0) is 15.6. The Hall–Kier alpha value is -1.15. The highest BCUT2D eigenvalue weighted by molar-refractivity contribution is 9.10. The van der Waals surface area contributed by atoms with Crippen molar-refractivity contribution in [3.8, 4) is 0 Å². The molecule has 0 saturated carbocycles. The van der Waals surface area contributed by atoms with Crippen LogP contribution in [0.15, 0.2) is 51.8 Å². The van der Waals surface area contributed by atoms with Gasteiger partial charge in [-0.15, -0.1) is 0 Å². The molecule has 3 N–H and O–H groups in total. The number of hydrogen-bond acceptors (Lipinski definition) is 3. The summed E-state index contributed by atoms with van der Waals surface area (Å²) < 4.78 is 28.1. The lowest BCUT2D eigenvalue weighted by Crippen LogP contribution is -2.15. The van der Waals surface area contributed by atoms with Crippen LogP contribution in [0.5, 0.6) is 0 Å². The van der Waals surface area contributed by atoms with Gasteiger partial charge in [0.1, 0.15) is 9.88 Å². The summed E-state index contributed by atoms with van der Waals surface area (Å²) in [6, 6.07) is 11.1. The van der Waals surface area contributed by atoms with Crippen LogP contribution in [0.25, 0.3) is 0 Å². The molecule has 2 aromatic rings. The zero-order valence-electron chi connectivity index (χ0n) is 10.5. The lowest BCUT2D eigenvalue weighted by Gasteiger charge is -2.11.